The van der Waals surface area contributed by atoms with E-state index in [-0.39, 0.29) is 12.5 Å². The van der Waals surface area contributed by atoms with E-state index in [1.165, 1.54) is 5.56 Å². The fourth-order valence-electron chi connectivity index (χ4n) is 2.00. The minimum Gasteiger partial charge on any atom is -0.396 e. The summed E-state index contributed by atoms with van der Waals surface area (Å²) in [7, 11) is 0. The summed E-state index contributed by atoms with van der Waals surface area (Å²) in [5.74, 6) is 0.187. The van der Waals surface area contributed by atoms with E-state index in [9.17, 15) is 5.11 Å². The second-order valence-electron chi connectivity index (χ2n) is 4.52. The fraction of sp³-hybridized carbons (Fsp3) is 0.267. The Hall–Kier alpha value is -0.710. The molecular formula is C15H15Br2NO. The van der Waals surface area contributed by atoms with Crippen molar-refractivity contribution < 1.29 is 5.11 Å². The first kappa shape index (κ1) is 14.7. The summed E-state index contributed by atoms with van der Waals surface area (Å²) in [6.07, 6.45) is 3.42. The Morgan fingerprint density at radius 3 is 2.47 bits per heavy atom. The van der Waals surface area contributed by atoms with Crippen LogP contribution >= 0.6 is 31.9 Å². The smallest absolute Gasteiger partial charge is 0.0466 e. The number of benzene rings is 1. The molecule has 1 aromatic heterocycles. The van der Waals surface area contributed by atoms with Gasteiger partial charge in [0.25, 0.3) is 0 Å². The third-order valence-corrected chi connectivity index (χ3v) is 4.25. The zero-order valence-corrected chi connectivity index (χ0v) is 13.6. The Morgan fingerprint density at radius 1 is 1.05 bits per heavy atom. The molecule has 100 valence electrons. The number of aliphatic hydroxyl groups excluding tert-OH is 1. The third-order valence-electron chi connectivity index (χ3n) is 3.01. The Balaban J connectivity index is 2.05. The second kappa shape index (κ2) is 7.17. The number of aromatic nitrogens is 1. The SMILES string of the molecule is OCC(Cc1ccc(Br)cn1)Cc1ccccc1Br. The molecule has 2 rings (SSSR count). The summed E-state index contributed by atoms with van der Waals surface area (Å²) < 4.78 is 2.07. The molecule has 2 aromatic rings. The van der Waals surface area contributed by atoms with Crippen molar-refractivity contribution in [3.8, 4) is 0 Å². The zero-order valence-electron chi connectivity index (χ0n) is 10.4. The molecule has 0 saturated carbocycles. The van der Waals surface area contributed by atoms with Crippen LogP contribution in [0.25, 0.3) is 0 Å². The molecule has 0 aliphatic rings. The van der Waals surface area contributed by atoms with E-state index in [1.54, 1.807) is 6.20 Å². The average molecular weight is 385 g/mol. The van der Waals surface area contributed by atoms with Crippen LogP contribution in [0.3, 0.4) is 0 Å². The monoisotopic (exact) mass is 383 g/mol. The molecule has 1 aromatic carbocycles. The number of aliphatic hydroxyl groups is 1. The number of hydrogen-bond acceptors (Lipinski definition) is 2. The van der Waals surface area contributed by atoms with Gasteiger partial charge in [-0.1, -0.05) is 34.1 Å². The van der Waals surface area contributed by atoms with Crippen LogP contribution in [0.2, 0.25) is 0 Å². The van der Waals surface area contributed by atoms with Gasteiger partial charge in [-0.2, -0.15) is 0 Å². The van der Waals surface area contributed by atoms with Crippen molar-refractivity contribution in [2.45, 2.75) is 12.8 Å². The van der Waals surface area contributed by atoms with Crippen molar-refractivity contribution in [3.05, 3.63) is 62.8 Å². The maximum atomic E-state index is 9.54. The van der Waals surface area contributed by atoms with Gasteiger partial charge in [-0.05, 0) is 58.5 Å². The molecule has 0 aliphatic carbocycles. The van der Waals surface area contributed by atoms with E-state index < -0.39 is 0 Å². The quantitative estimate of drug-likeness (QED) is 0.844. The number of hydrogen-bond donors (Lipinski definition) is 1. The molecule has 0 aliphatic heterocycles. The van der Waals surface area contributed by atoms with Crippen LogP contribution in [0.5, 0.6) is 0 Å². The zero-order chi connectivity index (χ0) is 13.7. The highest BCUT2D eigenvalue weighted by atomic mass is 79.9. The van der Waals surface area contributed by atoms with Crippen molar-refractivity contribution >= 4 is 31.9 Å². The standard InChI is InChI=1S/C15H15Br2NO/c16-13-5-6-14(18-9-13)8-11(10-19)7-12-3-1-2-4-15(12)17/h1-6,9,11,19H,7-8,10H2. The maximum absolute atomic E-state index is 9.54. The first-order valence-electron chi connectivity index (χ1n) is 6.13. The topological polar surface area (TPSA) is 33.1 Å². The molecule has 19 heavy (non-hydrogen) atoms. The van der Waals surface area contributed by atoms with E-state index in [0.29, 0.717) is 0 Å². The van der Waals surface area contributed by atoms with Crippen molar-refractivity contribution in [3.63, 3.8) is 0 Å². The molecule has 2 nitrogen and oxygen atoms in total. The minimum atomic E-state index is 0.166. The van der Waals surface area contributed by atoms with E-state index in [1.807, 2.05) is 30.3 Å². The van der Waals surface area contributed by atoms with Gasteiger partial charge in [0.05, 0.1) is 0 Å². The normalized spacial score (nSPS) is 12.4. The predicted octanol–water partition coefficient (Wildman–Crippen LogP) is 4.00. The van der Waals surface area contributed by atoms with Gasteiger partial charge in [0.15, 0.2) is 0 Å². The molecule has 0 fully saturated rings. The number of rotatable bonds is 5. The van der Waals surface area contributed by atoms with Crippen LogP contribution in [-0.2, 0) is 12.8 Å². The fourth-order valence-corrected chi connectivity index (χ4v) is 2.68. The van der Waals surface area contributed by atoms with Crippen molar-refractivity contribution in [1.82, 2.24) is 4.98 Å². The Kier molecular flexibility index (Phi) is 5.55. The summed E-state index contributed by atoms with van der Waals surface area (Å²) in [5.41, 5.74) is 2.23. The second-order valence-corrected chi connectivity index (χ2v) is 6.29. The lowest BCUT2D eigenvalue weighted by Crippen LogP contribution is -2.14. The highest BCUT2D eigenvalue weighted by Gasteiger charge is 2.12. The van der Waals surface area contributed by atoms with Gasteiger partial charge in [-0.15, -0.1) is 0 Å². The lowest BCUT2D eigenvalue weighted by Gasteiger charge is -2.14. The van der Waals surface area contributed by atoms with Crippen LogP contribution in [-0.4, -0.2) is 16.7 Å². The van der Waals surface area contributed by atoms with Crippen LogP contribution in [0, 0.1) is 5.92 Å². The van der Waals surface area contributed by atoms with Crippen molar-refractivity contribution in [1.29, 1.82) is 0 Å². The van der Waals surface area contributed by atoms with Gasteiger partial charge in [0.1, 0.15) is 0 Å². The summed E-state index contributed by atoms with van der Waals surface area (Å²) in [4.78, 5) is 4.36. The largest absolute Gasteiger partial charge is 0.396 e. The Bertz CT molecular complexity index is 528. The summed E-state index contributed by atoms with van der Waals surface area (Å²) in [5, 5.41) is 9.54. The Labute approximate surface area is 130 Å². The highest BCUT2D eigenvalue weighted by molar-refractivity contribution is 9.10. The highest BCUT2D eigenvalue weighted by Crippen LogP contribution is 2.21. The van der Waals surface area contributed by atoms with Gasteiger partial charge in [0, 0.05) is 27.4 Å². The molecular weight excluding hydrogens is 370 g/mol. The molecule has 0 amide bonds. The molecule has 0 spiro atoms. The summed E-state index contributed by atoms with van der Waals surface area (Å²) in [6, 6.07) is 12.1. The maximum Gasteiger partial charge on any atom is 0.0466 e. The number of halogens is 2. The molecule has 1 atom stereocenters. The molecule has 1 heterocycles. The van der Waals surface area contributed by atoms with Gasteiger partial charge in [-0.3, -0.25) is 4.98 Å². The Morgan fingerprint density at radius 2 is 1.84 bits per heavy atom. The van der Waals surface area contributed by atoms with Gasteiger partial charge < -0.3 is 5.11 Å². The van der Waals surface area contributed by atoms with E-state index in [4.69, 9.17) is 0 Å². The predicted molar refractivity (Wildman–Crippen MR) is 84.1 cm³/mol. The minimum absolute atomic E-state index is 0.166. The molecule has 1 N–H and O–H groups in total. The van der Waals surface area contributed by atoms with Crippen LogP contribution < -0.4 is 0 Å². The van der Waals surface area contributed by atoms with Gasteiger partial charge >= 0.3 is 0 Å². The third kappa shape index (κ3) is 4.41. The van der Waals surface area contributed by atoms with Crippen LogP contribution in [0.4, 0.5) is 0 Å². The lowest BCUT2D eigenvalue weighted by molar-refractivity contribution is 0.224. The van der Waals surface area contributed by atoms with E-state index in [2.05, 4.69) is 42.9 Å². The molecule has 0 bridgehead atoms. The first-order chi connectivity index (χ1) is 9.19. The van der Waals surface area contributed by atoms with E-state index in [0.717, 1.165) is 27.5 Å². The molecule has 4 heteroatoms. The average Bonchev–Trinajstić information content (AvgIpc) is 2.43. The van der Waals surface area contributed by atoms with Gasteiger partial charge in [0.2, 0.25) is 0 Å². The van der Waals surface area contributed by atoms with Crippen LogP contribution in [0.15, 0.2) is 51.5 Å². The lowest BCUT2D eigenvalue weighted by atomic mass is 9.95. The van der Waals surface area contributed by atoms with Crippen molar-refractivity contribution in [2.24, 2.45) is 5.92 Å². The van der Waals surface area contributed by atoms with Gasteiger partial charge in [-0.25, -0.2) is 0 Å². The number of pyridine rings is 1. The molecule has 0 saturated heterocycles. The van der Waals surface area contributed by atoms with Crippen LogP contribution in [0.1, 0.15) is 11.3 Å². The molecule has 0 radical (unpaired) electrons. The summed E-state index contributed by atoms with van der Waals surface area (Å²) >= 11 is 6.92. The first-order valence-corrected chi connectivity index (χ1v) is 7.72. The van der Waals surface area contributed by atoms with E-state index >= 15 is 0 Å². The summed E-state index contributed by atoms with van der Waals surface area (Å²) in [6.45, 7) is 0.166. The number of nitrogens with zero attached hydrogens (tertiary/aromatic N) is 1. The van der Waals surface area contributed by atoms with Crippen molar-refractivity contribution in [2.75, 3.05) is 6.61 Å². The molecule has 1 unspecified atom stereocenters.